The van der Waals surface area contributed by atoms with Crippen molar-refractivity contribution in [2.45, 2.75) is 207 Å². The van der Waals surface area contributed by atoms with Crippen LogP contribution in [0.4, 0.5) is 34.1 Å². The van der Waals surface area contributed by atoms with Gasteiger partial charge in [0.15, 0.2) is 0 Å². The molecule has 0 spiro atoms. The minimum atomic E-state index is 0.0564. The van der Waals surface area contributed by atoms with Gasteiger partial charge in [0.2, 0.25) is 0 Å². The van der Waals surface area contributed by atoms with Gasteiger partial charge in [-0.1, -0.05) is 186 Å². The number of halogens is 2. The number of hydrogen-bond donors (Lipinski definition) is 0. The summed E-state index contributed by atoms with van der Waals surface area (Å²) in [5.41, 5.74) is 22.3. The summed E-state index contributed by atoms with van der Waals surface area (Å²) in [6.07, 6.45) is 28.5. The molecule has 0 bridgehead atoms. The van der Waals surface area contributed by atoms with Crippen molar-refractivity contribution in [2.24, 2.45) is 11.8 Å². The van der Waals surface area contributed by atoms with Gasteiger partial charge in [0.1, 0.15) is 0 Å². The Bertz CT molecular complexity index is 2590. The molecule has 2 fully saturated rings. The molecule has 0 atom stereocenters. The Morgan fingerprint density at radius 2 is 0.716 bits per heavy atom. The van der Waals surface area contributed by atoms with Crippen LogP contribution >= 0.6 is 31.9 Å². The molecule has 0 radical (unpaired) electrons. The number of aryl methyl sites for hydroxylation is 6. The van der Waals surface area contributed by atoms with Gasteiger partial charge in [0.05, 0.1) is 11.4 Å². The molecule has 9 rings (SSSR count). The first kappa shape index (κ1) is 54.7. The van der Waals surface area contributed by atoms with Gasteiger partial charge in [0, 0.05) is 42.5 Å². The zero-order valence-corrected chi connectivity index (χ0v) is 49.9. The van der Waals surface area contributed by atoms with E-state index in [9.17, 15) is 0 Å². The maximum Gasteiger partial charge on any atom is 0.0520 e. The predicted octanol–water partition coefficient (Wildman–Crippen LogP) is 22.8. The normalized spacial score (nSPS) is 19.5. The Morgan fingerprint density at radius 1 is 0.392 bits per heavy atom. The van der Waals surface area contributed by atoms with E-state index >= 15 is 0 Å². The summed E-state index contributed by atoms with van der Waals surface area (Å²) in [6, 6.07) is 43.7. The largest absolute Gasteiger partial charge is 0.310 e. The van der Waals surface area contributed by atoms with Crippen LogP contribution in [0.3, 0.4) is 0 Å². The van der Waals surface area contributed by atoms with Gasteiger partial charge in [-0.25, -0.2) is 0 Å². The fraction of sp³-hybridized carbons (Fsp3) is 0.486. The second-order valence-corrected chi connectivity index (χ2v) is 25.4. The van der Waals surface area contributed by atoms with Crippen LogP contribution < -0.4 is 9.80 Å². The molecule has 0 unspecified atom stereocenters. The molecular weight excluding hydrogens is 1030 g/mol. The Balaban J connectivity index is 1.26. The molecule has 6 aromatic carbocycles. The average molecular weight is 1120 g/mol. The van der Waals surface area contributed by atoms with Crippen molar-refractivity contribution in [1.82, 2.24) is 0 Å². The Labute approximate surface area is 465 Å². The summed E-state index contributed by atoms with van der Waals surface area (Å²) in [7, 11) is 0. The van der Waals surface area contributed by atoms with E-state index in [2.05, 4.69) is 206 Å². The van der Waals surface area contributed by atoms with Gasteiger partial charge < -0.3 is 9.80 Å². The van der Waals surface area contributed by atoms with Crippen LogP contribution in [0.5, 0.6) is 0 Å². The lowest BCUT2D eigenvalue weighted by Gasteiger charge is -2.48. The molecule has 2 nitrogen and oxygen atoms in total. The highest BCUT2D eigenvalue weighted by Gasteiger charge is 2.66. The lowest BCUT2D eigenvalue weighted by atomic mass is 9.55. The van der Waals surface area contributed by atoms with E-state index < -0.39 is 0 Å². The minimum absolute atomic E-state index is 0.0564. The summed E-state index contributed by atoms with van der Waals surface area (Å²) in [5, 5.41) is 0. The number of rotatable bonds is 24. The average Bonchev–Trinajstić information content (AvgIpc) is 3.95. The molecule has 6 aromatic rings. The standard InChI is InChI=1S/C70H88Br2N2/c1-9-13-17-19-21-25-55-45-69-47-56(26-22-20-18-14-10-2)48-70(69,46-55)66-44-62(74(60-33-29-58(72)30-34-60)68-51(7)41-54(24-16-12-4)42-52(68)8)36-38-64(66)63-37-35-61(43-65(63)69)73(59-31-27-57(71)28-32-59)67-49(5)39-53(23-15-11-3)40-50(67)6/h27-44,55-56H,9-26,45-48H2,1-8H3. The summed E-state index contributed by atoms with van der Waals surface area (Å²) in [5.74, 6) is 1.41. The molecule has 392 valence electrons. The van der Waals surface area contributed by atoms with Crippen LogP contribution in [0, 0.1) is 39.5 Å². The topological polar surface area (TPSA) is 6.48 Å². The molecule has 0 saturated heterocycles. The first-order valence-corrected chi connectivity index (χ1v) is 31.1. The number of fused-ring (bicyclic) bond motifs is 3. The number of anilines is 6. The van der Waals surface area contributed by atoms with Gasteiger partial charge in [0.25, 0.3) is 0 Å². The van der Waals surface area contributed by atoms with Crippen molar-refractivity contribution in [2.75, 3.05) is 9.80 Å². The number of hydrogen-bond acceptors (Lipinski definition) is 2. The fourth-order valence-electron chi connectivity index (χ4n) is 14.9. The quantitative estimate of drug-likeness (QED) is 0.0557. The Hall–Kier alpha value is -4.12. The van der Waals surface area contributed by atoms with E-state index in [1.165, 1.54) is 207 Å². The molecule has 2 saturated carbocycles. The van der Waals surface area contributed by atoms with Crippen molar-refractivity contribution in [3.63, 3.8) is 0 Å². The second kappa shape index (κ2) is 24.5. The van der Waals surface area contributed by atoms with Crippen LogP contribution in [0.1, 0.15) is 201 Å². The highest BCUT2D eigenvalue weighted by molar-refractivity contribution is 9.10. The van der Waals surface area contributed by atoms with Gasteiger partial charge >= 0.3 is 0 Å². The fourth-order valence-corrected chi connectivity index (χ4v) is 15.5. The lowest BCUT2D eigenvalue weighted by Crippen LogP contribution is -2.43. The Kier molecular flexibility index (Phi) is 18.1. The third-order valence-corrected chi connectivity index (χ3v) is 19.2. The van der Waals surface area contributed by atoms with Crippen molar-refractivity contribution < 1.29 is 0 Å². The number of benzene rings is 6. The van der Waals surface area contributed by atoms with Crippen molar-refractivity contribution >= 4 is 66.0 Å². The first-order valence-electron chi connectivity index (χ1n) is 29.5. The van der Waals surface area contributed by atoms with E-state index in [4.69, 9.17) is 0 Å². The smallest absolute Gasteiger partial charge is 0.0520 e. The van der Waals surface area contributed by atoms with E-state index in [1.54, 1.807) is 11.1 Å². The maximum atomic E-state index is 3.80. The molecule has 0 aromatic heterocycles. The lowest BCUT2D eigenvalue weighted by molar-refractivity contribution is 0.299. The van der Waals surface area contributed by atoms with Crippen LogP contribution in [0.15, 0.2) is 118 Å². The molecule has 4 heteroatoms. The molecule has 0 N–H and O–H groups in total. The highest BCUT2D eigenvalue weighted by Crippen LogP contribution is 2.73. The molecule has 0 heterocycles. The first-order chi connectivity index (χ1) is 35.9. The van der Waals surface area contributed by atoms with Crippen molar-refractivity contribution in [1.29, 1.82) is 0 Å². The molecule has 0 amide bonds. The van der Waals surface area contributed by atoms with Gasteiger partial charge in [-0.3, -0.25) is 0 Å². The summed E-state index contributed by atoms with van der Waals surface area (Å²) < 4.78 is 2.22. The van der Waals surface area contributed by atoms with Gasteiger partial charge in [-0.05, 0) is 219 Å². The summed E-state index contributed by atoms with van der Waals surface area (Å²) in [4.78, 5) is 5.24. The van der Waals surface area contributed by atoms with Crippen LogP contribution in [-0.2, 0) is 23.7 Å². The maximum absolute atomic E-state index is 3.80. The zero-order valence-electron chi connectivity index (χ0n) is 46.8. The van der Waals surface area contributed by atoms with Crippen molar-refractivity contribution in [3.8, 4) is 11.1 Å². The third kappa shape index (κ3) is 11.2. The number of unbranched alkanes of at least 4 members (excludes halogenated alkanes) is 10. The van der Waals surface area contributed by atoms with E-state index in [1.807, 2.05) is 0 Å². The molecule has 3 aliphatic rings. The highest BCUT2D eigenvalue weighted by atomic mass is 79.9. The van der Waals surface area contributed by atoms with Gasteiger partial charge in [-0.2, -0.15) is 0 Å². The second-order valence-electron chi connectivity index (χ2n) is 23.6. The molecule has 74 heavy (non-hydrogen) atoms. The molecule has 3 aliphatic carbocycles. The zero-order chi connectivity index (χ0) is 52.0. The predicted molar refractivity (Wildman–Crippen MR) is 328 cm³/mol. The molecule has 0 aliphatic heterocycles. The SMILES string of the molecule is CCCCCCCC1CC23CC(CCCCCCC)CC2(C1)c1cc(N(c2ccc(Br)cc2)c2c(C)cc(CCCC)cc2C)ccc1-c1ccc(N(c2ccc(Br)cc2)c2c(C)cc(CCCC)cc2C)cc13. The molecular formula is C70H88Br2N2. The van der Waals surface area contributed by atoms with E-state index in [0.717, 1.165) is 21.8 Å². The summed E-state index contributed by atoms with van der Waals surface area (Å²) in [6.45, 7) is 18.7. The van der Waals surface area contributed by atoms with E-state index in [-0.39, 0.29) is 10.8 Å². The summed E-state index contributed by atoms with van der Waals surface area (Å²) >= 11 is 7.61. The number of nitrogens with zero attached hydrogens (tertiary/aromatic N) is 2. The van der Waals surface area contributed by atoms with Gasteiger partial charge in [-0.15, -0.1) is 0 Å². The monoisotopic (exact) mass is 1110 g/mol. The van der Waals surface area contributed by atoms with Crippen LogP contribution in [-0.4, -0.2) is 0 Å². The van der Waals surface area contributed by atoms with Crippen LogP contribution in [0.2, 0.25) is 0 Å². The Morgan fingerprint density at radius 3 is 1.05 bits per heavy atom. The van der Waals surface area contributed by atoms with Crippen LogP contribution in [0.25, 0.3) is 11.1 Å². The third-order valence-electron chi connectivity index (χ3n) is 18.1. The van der Waals surface area contributed by atoms with E-state index in [0.29, 0.717) is 11.8 Å². The van der Waals surface area contributed by atoms with Crippen molar-refractivity contribution in [3.05, 3.63) is 163 Å². The minimum Gasteiger partial charge on any atom is -0.310 e.